The molecule has 1 heterocycles. The molecule has 0 saturated carbocycles. The van der Waals surface area contributed by atoms with Crippen LogP contribution in [0.5, 0.6) is 0 Å². The van der Waals surface area contributed by atoms with Gasteiger partial charge in [-0.25, -0.2) is 0 Å². The Balaban J connectivity index is 1.69. The van der Waals surface area contributed by atoms with E-state index in [4.69, 9.17) is 23.2 Å². The van der Waals surface area contributed by atoms with Crippen LogP contribution in [0.25, 0.3) is 0 Å². The maximum absolute atomic E-state index is 13.7. The van der Waals surface area contributed by atoms with Crippen molar-refractivity contribution < 1.29 is 9.59 Å². The predicted octanol–water partition coefficient (Wildman–Crippen LogP) is 5.25. The number of carbonyl (C=O) groups excluding carboxylic acids is 2. The first-order valence-electron chi connectivity index (χ1n) is 13.2. The Kier molecular flexibility index (Phi) is 10.8. The Morgan fingerprint density at radius 3 is 2.51 bits per heavy atom. The van der Waals surface area contributed by atoms with Gasteiger partial charge in [0.15, 0.2) is 0 Å². The summed E-state index contributed by atoms with van der Waals surface area (Å²) < 4.78 is 0. The minimum absolute atomic E-state index is 0.0265. The zero-order valence-electron chi connectivity index (χ0n) is 22.3. The molecule has 2 amide bonds. The molecule has 2 aromatic rings. The molecule has 3 unspecified atom stereocenters. The molecule has 6 nitrogen and oxygen atoms in total. The number of nitrogens with one attached hydrogen (secondary N) is 3. The minimum Gasteiger partial charge on any atom is -0.350 e. The first-order valence-corrected chi connectivity index (χ1v) is 13.9. The van der Waals surface area contributed by atoms with E-state index in [9.17, 15) is 9.59 Å². The van der Waals surface area contributed by atoms with Gasteiger partial charge in [-0.2, -0.15) is 0 Å². The van der Waals surface area contributed by atoms with Crippen LogP contribution in [0.3, 0.4) is 0 Å². The lowest BCUT2D eigenvalue weighted by Gasteiger charge is -2.29. The number of halogens is 2. The van der Waals surface area contributed by atoms with E-state index in [2.05, 4.69) is 67.9 Å². The van der Waals surface area contributed by atoms with Gasteiger partial charge in [-0.3, -0.25) is 9.59 Å². The zero-order valence-corrected chi connectivity index (χ0v) is 23.8. The van der Waals surface area contributed by atoms with E-state index in [1.165, 1.54) is 5.56 Å². The summed E-state index contributed by atoms with van der Waals surface area (Å²) in [6.45, 7) is 11.0. The van der Waals surface area contributed by atoms with Crippen LogP contribution in [-0.2, 0) is 4.79 Å². The molecular weight excluding hydrogens is 507 g/mol. The zero-order chi connectivity index (χ0) is 27.0. The van der Waals surface area contributed by atoms with Crippen LogP contribution in [0.2, 0.25) is 10.0 Å². The molecule has 3 atom stereocenters. The lowest BCUT2D eigenvalue weighted by molar-refractivity contribution is -0.133. The Labute approximate surface area is 231 Å². The number of hydrogen-bond acceptors (Lipinski definition) is 4. The average Bonchev–Trinajstić information content (AvgIpc) is 3.01. The van der Waals surface area contributed by atoms with Crippen LogP contribution in [0, 0.1) is 0 Å². The van der Waals surface area contributed by atoms with Crippen molar-refractivity contribution >= 4 is 35.0 Å². The summed E-state index contributed by atoms with van der Waals surface area (Å²) in [7, 11) is 0. The van der Waals surface area contributed by atoms with E-state index < -0.39 is 0 Å². The predicted molar refractivity (Wildman–Crippen MR) is 153 cm³/mol. The SMILES string of the molecule is CCC(CN1CCC(CNC(=O)c2ccc(Cl)c(Cl)c2)NC(CCNC(C)(C)C)C1=O)c1ccccc1. The Hall–Kier alpha value is -2.12. The van der Waals surface area contributed by atoms with Crippen molar-refractivity contribution in [2.45, 2.75) is 70.5 Å². The van der Waals surface area contributed by atoms with E-state index in [0.717, 1.165) is 19.4 Å². The van der Waals surface area contributed by atoms with Crippen molar-refractivity contribution in [2.75, 3.05) is 26.2 Å². The van der Waals surface area contributed by atoms with Crippen LogP contribution in [-0.4, -0.2) is 60.5 Å². The van der Waals surface area contributed by atoms with Crippen LogP contribution < -0.4 is 16.0 Å². The van der Waals surface area contributed by atoms with E-state index in [0.29, 0.717) is 41.7 Å². The average molecular weight is 548 g/mol. The number of amides is 2. The molecule has 1 fully saturated rings. The molecule has 3 N–H and O–H groups in total. The number of nitrogens with zero attached hydrogens (tertiary/aromatic N) is 1. The minimum atomic E-state index is -0.322. The van der Waals surface area contributed by atoms with Crippen molar-refractivity contribution in [2.24, 2.45) is 0 Å². The molecule has 0 aliphatic carbocycles. The third-order valence-electron chi connectivity index (χ3n) is 6.78. The molecule has 37 heavy (non-hydrogen) atoms. The summed E-state index contributed by atoms with van der Waals surface area (Å²) in [5, 5.41) is 10.8. The number of carbonyl (C=O) groups is 2. The fourth-order valence-electron chi connectivity index (χ4n) is 4.64. The van der Waals surface area contributed by atoms with Gasteiger partial charge in [0.1, 0.15) is 0 Å². The van der Waals surface area contributed by atoms with Crippen molar-refractivity contribution in [3.05, 3.63) is 69.7 Å². The maximum Gasteiger partial charge on any atom is 0.251 e. The fraction of sp³-hybridized carbons (Fsp3) is 0.517. The number of benzene rings is 2. The molecule has 2 aromatic carbocycles. The van der Waals surface area contributed by atoms with E-state index >= 15 is 0 Å². The van der Waals surface area contributed by atoms with Crippen molar-refractivity contribution in [3.63, 3.8) is 0 Å². The normalized spacial score (nSPS) is 19.4. The van der Waals surface area contributed by atoms with Gasteiger partial charge >= 0.3 is 0 Å². The largest absolute Gasteiger partial charge is 0.350 e. The van der Waals surface area contributed by atoms with Gasteiger partial charge in [0.2, 0.25) is 5.91 Å². The summed E-state index contributed by atoms with van der Waals surface area (Å²) in [5.74, 6) is 0.196. The Morgan fingerprint density at radius 1 is 1.14 bits per heavy atom. The fourth-order valence-corrected chi connectivity index (χ4v) is 4.94. The number of rotatable bonds is 10. The van der Waals surface area contributed by atoms with E-state index in [-0.39, 0.29) is 35.4 Å². The topological polar surface area (TPSA) is 73.5 Å². The second-order valence-electron chi connectivity index (χ2n) is 10.8. The highest BCUT2D eigenvalue weighted by molar-refractivity contribution is 6.42. The van der Waals surface area contributed by atoms with Gasteiger partial charge in [-0.05, 0) is 70.3 Å². The van der Waals surface area contributed by atoms with E-state index in [1.54, 1.807) is 18.2 Å². The molecule has 1 aliphatic heterocycles. The highest BCUT2D eigenvalue weighted by Gasteiger charge is 2.32. The van der Waals surface area contributed by atoms with Crippen LogP contribution in [0.1, 0.15) is 68.8 Å². The summed E-state index contributed by atoms with van der Waals surface area (Å²) >= 11 is 12.1. The van der Waals surface area contributed by atoms with Gasteiger partial charge in [0.25, 0.3) is 5.91 Å². The Morgan fingerprint density at radius 2 is 1.86 bits per heavy atom. The smallest absolute Gasteiger partial charge is 0.251 e. The van der Waals surface area contributed by atoms with Crippen LogP contribution >= 0.6 is 23.2 Å². The van der Waals surface area contributed by atoms with Gasteiger partial charge in [0, 0.05) is 42.7 Å². The quantitative estimate of drug-likeness (QED) is 0.380. The molecule has 8 heteroatoms. The molecule has 202 valence electrons. The second kappa shape index (κ2) is 13.6. The third kappa shape index (κ3) is 8.99. The first kappa shape index (κ1) is 29.4. The Bertz CT molecular complexity index is 1040. The van der Waals surface area contributed by atoms with Gasteiger partial charge < -0.3 is 20.9 Å². The summed E-state index contributed by atoms with van der Waals surface area (Å²) in [4.78, 5) is 28.4. The van der Waals surface area contributed by atoms with E-state index in [1.807, 2.05) is 11.0 Å². The van der Waals surface area contributed by atoms with Crippen LogP contribution in [0.15, 0.2) is 48.5 Å². The van der Waals surface area contributed by atoms with Crippen molar-refractivity contribution in [1.29, 1.82) is 0 Å². The lowest BCUT2D eigenvalue weighted by atomic mass is 9.95. The van der Waals surface area contributed by atoms with Crippen molar-refractivity contribution in [1.82, 2.24) is 20.9 Å². The molecule has 0 spiro atoms. The van der Waals surface area contributed by atoms with Gasteiger partial charge in [-0.15, -0.1) is 0 Å². The lowest BCUT2D eigenvalue weighted by Crippen LogP contribution is -2.50. The summed E-state index contributed by atoms with van der Waals surface area (Å²) in [6, 6.07) is 14.9. The maximum atomic E-state index is 13.7. The van der Waals surface area contributed by atoms with Crippen LogP contribution in [0.4, 0.5) is 0 Å². The second-order valence-corrected chi connectivity index (χ2v) is 11.6. The molecule has 1 saturated heterocycles. The molecular formula is C29H40Cl2N4O2. The molecule has 0 radical (unpaired) electrons. The molecule has 1 aliphatic rings. The third-order valence-corrected chi connectivity index (χ3v) is 7.52. The highest BCUT2D eigenvalue weighted by atomic mass is 35.5. The molecule has 0 bridgehead atoms. The van der Waals surface area contributed by atoms with Gasteiger partial charge in [-0.1, -0.05) is 60.5 Å². The highest BCUT2D eigenvalue weighted by Crippen LogP contribution is 2.24. The monoisotopic (exact) mass is 546 g/mol. The molecule has 3 rings (SSSR count). The number of hydrogen-bond donors (Lipinski definition) is 3. The standard InChI is InChI=1S/C29H40Cl2N4O2/c1-5-20(21-9-7-6-8-10-21)19-35-16-14-23(34-26(28(35)37)13-15-33-29(2,3)4)18-32-27(36)22-11-12-24(30)25(31)17-22/h6-12,17,20,23,26,33-34H,5,13-16,18-19H2,1-4H3,(H,32,36). The first-order chi connectivity index (χ1) is 17.6. The molecule has 0 aromatic heterocycles. The van der Waals surface area contributed by atoms with Crippen molar-refractivity contribution in [3.8, 4) is 0 Å². The summed E-state index contributed by atoms with van der Waals surface area (Å²) in [5.41, 5.74) is 1.69. The van der Waals surface area contributed by atoms with Gasteiger partial charge in [0.05, 0.1) is 16.1 Å². The summed E-state index contributed by atoms with van der Waals surface area (Å²) in [6.07, 6.45) is 2.38.